The van der Waals surface area contributed by atoms with E-state index in [9.17, 15) is 9.90 Å². The van der Waals surface area contributed by atoms with Crippen LogP contribution in [0.15, 0.2) is 27.5 Å². The van der Waals surface area contributed by atoms with Crippen LogP contribution in [-0.4, -0.2) is 16.2 Å². The lowest BCUT2D eigenvalue weighted by molar-refractivity contribution is 0.229. The largest absolute Gasteiger partial charge is 0.504 e. The summed E-state index contributed by atoms with van der Waals surface area (Å²) in [7, 11) is 0. The molecule has 0 fully saturated rings. The van der Waals surface area contributed by atoms with Crippen LogP contribution in [0, 0.1) is 0 Å². The zero-order valence-electron chi connectivity index (χ0n) is 9.45. The molecule has 1 aromatic heterocycles. The van der Waals surface area contributed by atoms with E-state index in [4.69, 9.17) is 4.74 Å². The number of hydrogen-bond donors (Lipinski definition) is 2. The molecule has 0 atom stereocenters. The second kappa shape index (κ2) is 4.41. The molecule has 1 heterocycles. The Bertz CT molecular complexity index is 619. The van der Waals surface area contributed by atoms with Crippen LogP contribution in [0.3, 0.4) is 0 Å². The Hall–Kier alpha value is -1.49. The van der Waals surface area contributed by atoms with Crippen molar-refractivity contribution in [3.8, 4) is 11.5 Å². The molecule has 0 amide bonds. The first-order chi connectivity index (χ1) is 7.99. The number of ether oxygens (including phenoxy) is 1. The van der Waals surface area contributed by atoms with Crippen molar-refractivity contribution >= 4 is 26.8 Å². The summed E-state index contributed by atoms with van der Waals surface area (Å²) in [5, 5.41) is 10.6. The number of pyridine rings is 1. The van der Waals surface area contributed by atoms with Crippen LogP contribution in [0.5, 0.6) is 11.5 Å². The van der Waals surface area contributed by atoms with Crippen LogP contribution in [0.1, 0.15) is 13.8 Å². The molecule has 4 nitrogen and oxygen atoms in total. The lowest BCUT2D eigenvalue weighted by Crippen LogP contribution is -2.16. The standard InChI is InChI=1S/C12H12BrNO3/c1-6(2)17-11-10(15)8-5-7(13)3-4-9(8)14-12(11)16/h3-6H,1-2H3,(H2,14,15,16). The number of aromatic nitrogens is 1. The maximum atomic E-state index is 11.7. The molecule has 1 aromatic carbocycles. The summed E-state index contributed by atoms with van der Waals surface area (Å²) in [5.74, 6) is -0.163. The fraction of sp³-hybridized carbons (Fsp3) is 0.250. The van der Waals surface area contributed by atoms with Gasteiger partial charge in [0, 0.05) is 9.86 Å². The van der Waals surface area contributed by atoms with Crippen LogP contribution in [0.4, 0.5) is 0 Å². The smallest absolute Gasteiger partial charge is 0.294 e. The zero-order valence-corrected chi connectivity index (χ0v) is 11.0. The maximum absolute atomic E-state index is 11.7. The van der Waals surface area contributed by atoms with Crippen LogP contribution < -0.4 is 10.3 Å². The van der Waals surface area contributed by atoms with E-state index < -0.39 is 5.56 Å². The predicted molar refractivity (Wildman–Crippen MR) is 69.7 cm³/mol. The van der Waals surface area contributed by atoms with Crippen molar-refractivity contribution < 1.29 is 9.84 Å². The van der Waals surface area contributed by atoms with E-state index in [0.717, 1.165) is 4.47 Å². The highest BCUT2D eigenvalue weighted by Crippen LogP contribution is 2.32. The first-order valence-electron chi connectivity index (χ1n) is 5.20. The number of rotatable bonds is 2. The molecule has 0 aliphatic heterocycles. The fourth-order valence-corrected chi connectivity index (χ4v) is 1.94. The summed E-state index contributed by atoms with van der Waals surface area (Å²) in [6.07, 6.45) is -0.174. The molecule has 2 aromatic rings. The highest BCUT2D eigenvalue weighted by Gasteiger charge is 2.14. The molecular formula is C12H12BrNO3. The van der Waals surface area contributed by atoms with Crippen LogP contribution >= 0.6 is 15.9 Å². The summed E-state index contributed by atoms with van der Waals surface area (Å²) in [5.41, 5.74) is 0.151. The van der Waals surface area contributed by atoms with Crippen molar-refractivity contribution in [2.45, 2.75) is 20.0 Å². The average molecular weight is 298 g/mol. The molecule has 0 bridgehead atoms. The lowest BCUT2D eigenvalue weighted by atomic mass is 10.2. The Morgan fingerprint density at radius 2 is 2.12 bits per heavy atom. The van der Waals surface area contributed by atoms with E-state index in [1.54, 1.807) is 32.0 Å². The Morgan fingerprint density at radius 1 is 1.41 bits per heavy atom. The number of benzene rings is 1. The molecule has 0 radical (unpaired) electrons. The molecule has 0 aliphatic rings. The van der Waals surface area contributed by atoms with Gasteiger partial charge in [-0.15, -0.1) is 0 Å². The summed E-state index contributed by atoms with van der Waals surface area (Å²) in [4.78, 5) is 14.4. The molecule has 2 rings (SSSR count). The zero-order chi connectivity index (χ0) is 12.6. The highest BCUT2D eigenvalue weighted by atomic mass is 79.9. The molecular weight excluding hydrogens is 286 g/mol. The summed E-state index contributed by atoms with van der Waals surface area (Å²) in [6.45, 7) is 3.59. The van der Waals surface area contributed by atoms with Gasteiger partial charge in [0.05, 0.1) is 11.6 Å². The van der Waals surface area contributed by atoms with E-state index in [1.165, 1.54) is 0 Å². The van der Waals surface area contributed by atoms with Crippen LogP contribution in [0.25, 0.3) is 10.9 Å². The fourth-order valence-electron chi connectivity index (χ4n) is 1.58. The molecule has 0 spiro atoms. The van der Waals surface area contributed by atoms with Crippen molar-refractivity contribution in [2.75, 3.05) is 0 Å². The normalized spacial score (nSPS) is 11.1. The van der Waals surface area contributed by atoms with Gasteiger partial charge in [-0.25, -0.2) is 0 Å². The van der Waals surface area contributed by atoms with E-state index in [1.807, 2.05) is 0 Å². The van der Waals surface area contributed by atoms with Gasteiger partial charge >= 0.3 is 0 Å². The van der Waals surface area contributed by atoms with Crippen molar-refractivity contribution in [3.63, 3.8) is 0 Å². The van der Waals surface area contributed by atoms with Crippen molar-refractivity contribution in [2.24, 2.45) is 0 Å². The first kappa shape index (κ1) is 12.0. The third-order valence-corrected chi connectivity index (χ3v) is 2.75. The van der Waals surface area contributed by atoms with E-state index >= 15 is 0 Å². The monoisotopic (exact) mass is 297 g/mol. The van der Waals surface area contributed by atoms with E-state index in [2.05, 4.69) is 20.9 Å². The van der Waals surface area contributed by atoms with Gasteiger partial charge in [0.25, 0.3) is 5.56 Å². The molecule has 90 valence electrons. The Balaban J connectivity index is 2.73. The molecule has 0 unspecified atom stereocenters. The Morgan fingerprint density at radius 3 is 2.76 bits per heavy atom. The molecule has 0 aliphatic carbocycles. The first-order valence-corrected chi connectivity index (χ1v) is 5.99. The number of hydrogen-bond acceptors (Lipinski definition) is 3. The van der Waals surface area contributed by atoms with Crippen LogP contribution in [0.2, 0.25) is 0 Å². The maximum Gasteiger partial charge on any atom is 0.294 e. The number of halogens is 1. The Labute approximate surface area is 106 Å². The molecule has 0 saturated heterocycles. The second-order valence-electron chi connectivity index (χ2n) is 3.99. The van der Waals surface area contributed by atoms with Gasteiger partial charge in [-0.1, -0.05) is 15.9 Å². The van der Waals surface area contributed by atoms with E-state index in [-0.39, 0.29) is 17.6 Å². The molecule has 0 saturated carbocycles. The number of nitrogens with one attached hydrogen (secondary N) is 1. The number of fused-ring (bicyclic) bond motifs is 1. The van der Waals surface area contributed by atoms with Crippen molar-refractivity contribution in [1.82, 2.24) is 4.98 Å². The van der Waals surface area contributed by atoms with Gasteiger partial charge in [-0.3, -0.25) is 4.79 Å². The van der Waals surface area contributed by atoms with Crippen molar-refractivity contribution in [1.29, 1.82) is 0 Å². The topological polar surface area (TPSA) is 62.3 Å². The van der Waals surface area contributed by atoms with Gasteiger partial charge in [0.1, 0.15) is 0 Å². The van der Waals surface area contributed by atoms with Crippen molar-refractivity contribution in [3.05, 3.63) is 33.0 Å². The lowest BCUT2D eigenvalue weighted by Gasteiger charge is -2.11. The molecule has 17 heavy (non-hydrogen) atoms. The third-order valence-electron chi connectivity index (χ3n) is 2.26. The average Bonchev–Trinajstić information content (AvgIpc) is 2.25. The van der Waals surface area contributed by atoms with Gasteiger partial charge in [-0.05, 0) is 32.0 Å². The number of aromatic amines is 1. The van der Waals surface area contributed by atoms with Crippen LogP contribution in [-0.2, 0) is 0 Å². The van der Waals surface area contributed by atoms with Gasteiger partial charge < -0.3 is 14.8 Å². The second-order valence-corrected chi connectivity index (χ2v) is 4.90. The predicted octanol–water partition coefficient (Wildman–Crippen LogP) is 2.78. The number of H-pyrrole nitrogens is 1. The molecule has 2 N–H and O–H groups in total. The SMILES string of the molecule is CC(C)Oc1c(O)c2cc(Br)ccc2[nH]c1=O. The minimum Gasteiger partial charge on any atom is -0.504 e. The number of aromatic hydroxyl groups is 1. The third kappa shape index (κ3) is 2.29. The minimum atomic E-state index is -0.425. The summed E-state index contributed by atoms with van der Waals surface area (Å²) >= 11 is 3.32. The van der Waals surface area contributed by atoms with Gasteiger partial charge in [0.2, 0.25) is 5.75 Å². The van der Waals surface area contributed by atoms with Gasteiger partial charge in [0.15, 0.2) is 5.75 Å². The highest BCUT2D eigenvalue weighted by molar-refractivity contribution is 9.10. The molecule has 5 heteroatoms. The quantitative estimate of drug-likeness (QED) is 0.896. The minimum absolute atomic E-state index is 0.0365. The Kier molecular flexibility index (Phi) is 3.11. The van der Waals surface area contributed by atoms with E-state index in [0.29, 0.717) is 10.9 Å². The van der Waals surface area contributed by atoms with Gasteiger partial charge in [-0.2, -0.15) is 0 Å². The summed E-state index contributed by atoms with van der Waals surface area (Å²) in [6, 6.07) is 5.24. The summed E-state index contributed by atoms with van der Waals surface area (Å²) < 4.78 is 6.14.